The lowest BCUT2D eigenvalue weighted by atomic mass is 9.95. The molecule has 0 aliphatic heterocycles. The Kier molecular flexibility index (Phi) is 3.93. The number of hydrogen-bond donors (Lipinski definition) is 2. The van der Waals surface area contributed by atoms with E-state index in [2.05, 4.69) is 4.99 Å². The summed E-state index contributed by atoms with van der Waals surface area (Å²) in [6, 6.07) is 1.80. The largest absolute Gasteiger partial charge is 0.494 e. The molecule has 5 nitrogen and oxygen atoms in total. The topological polar surface area (TPSA) is 88.5 Å². The zero-order valence-corrected chi connectivity index (χ0v) is 12.7. The lowest BCUT2D eigenvalue weighted by Gasteiger charge is -2.15. The molecule has 1 aliphatic rings. The SMILES string of the molecule is COc1c(N=C2CC(=N)C(C)=CC2=O)cc(C)c(N)c1C. The van der Waals surface area contributed by atoms with E-state index in [-0.39, 0.29) is 12.2 Å². The Hall–Kier alpha value is -2.43. The van der Waals surface area contributed by atoms with Crippen molar-refractivity contribution in [3.05, 3.63) is 28.8 Å². The zero-order valence-electron chi connectivity index (χ0n) is 12.7. The molecule has 0 fully saturated rings. The third kappa shape index (κ3) is 2.72. The molecular weight excluding hydrogens is 266 g/mol. The highest BCUT2D eigenvalue weighted by Crippen LogP contribution is 2.37. The Morgan fingerprint density at radius 2 is 2.00 bits per heavy atom. The molecule has 0 saturated carbocycles. The average Bonchev–Trinajstić information content (AvgIpc) is 2.42. The summed E-state index contributed by atoms with van der Waals surface area (Å²) in [6.45, 7) is 5.51. The standard InChI is InChI=1S/C16H19N3O2/c1-8-6-14(20)12(7-11(8)17)19-13-5-9(2)15(18)10(3)16(13)21-4/h5-6,17H,7,18H2,1-4H3. The Morgan fingerprint density at radius 1 is 1.33 bits per heavy atom. The summed E-state index contributed by atoms with van der Waals surface area (Å²) in [5.74, 6) is 0.411. The number of methoxy groups -OCH3 is 1. The Balaban J connectivity index is 2.56. The number of ketones is 1. The van der Waals surface area contributed by atoms with Gasteiger partial charge in [0.1, 0.15) is 11.4 Å². The molecule has 0 bridgehead atoms. The first-order chi connectivity index (χ1) is 9.85. The van der Waals surface area contributed by atoms with E-state index in [0.29, 0.717) is 34.1 Å². The summed E-state index contributed by atoms with van der Waals surface area (Å²) in [6.07, 6.45) is 1.70. The van der Waals surface area contributed by atoms with Gasteiger partial charge in [-0.05, 0) is 44.1 Å². The maximum absolute atomic E-state index is 12.0. The third-order valence-electron chi connectivity index (χ3n) is 3.67. The number of aryl methyl sites for hydroxylation is 1. The molecule has 0 amide bonds. The fourth-order valence-corrected chi connectivity index (χ4v) is 2.30. The molecule has 1 aromatic carbocycles. The van der Waals surface area contributed by atoms with Crippen LogP contribution in [0.4, 0.5) is 11.4 Å². The number of ether oxygens (including phenoxy) is 1. The molecule has 1 aromatic rings. The average molecular weight is 285 g/mol. The van der Waals surface area contributed by atoms with E-state index in [1.807, 2.05) is 13.8 Å². The fraction of sp³-hybridized carbons (Fsp3) is 0.312. The molecule has 0 saturated heterocycles. The minimum atomic E-state index is -0.155. The van der Waals surface area contributed by atoms with Crippen molar-refractivity contribution < 1.29 is 9.53 Å². The Morgan fingerprint density at radius 3 is 2.62 bits per heavy atom. The van der Waals surface area contributed by atoms with E-state index in [1.165, 1.54) is 6.08 Å². The Labute approximate surface area is 124 Å². The van der Waals surface area contributed by atoms with Crippen LogP contribution in [0.5, 0.6) is 5.75 Å². The van der Waals surface area contributed by atoms with Crippen molar-refractivity contribution in [1.82, 2.24) is 0 Å². The minimum absolute atomic E-state index is 0.155. The van der Waals surface area contributed by atoms with E-state index in [0.717, 1.165) is 11.1 Å². The van der Waals surface area contributed by atoms with Gasteiger partial charge in [-0.25, -0.2) is 4.99 Å². The van der Waals surface area contributed by atoms with Gasteiger partial charge in [0.25, 0.3) is 0 Å². The van der Waals surface area contributed by atoms with Crippen molar-refractivity contribution in [3.63, 3.8) is 0 Å². The number of hydrogen-bond acceptors (Lipinski definition) is 5. The monoisotopic (exact) mass is 285 g/mol. The lowest BCUT2D eigenvalue weighted by Crippen LogP contribution is -2.22. The number of benzene rings is 1. The molecule has 0 radical (unpaired) electrons. The van der Waals surface area contributed by atoms with E-state index in [4.69, 9.17) is 15.9 Å². The van der Waals surface area contributed by atoms with Crippen LogP contribution in [-0.2, 0) is 4.79 Å². The first-order valence-corrected chi connectivity index (χ1v) is 6.66. The van der Waals surface area contributed by atoms with E-state index in [1.54, 1.807) is 20.1 Å². The number of nitrogen functional groups attached to an aromatic ring is 1. The molecule has 0 atom stereocenters. The summed E-state index contributed by atoms with van der Waals surface area (Å²) in [5, 5.41) is 7.85. The van der Waals surface area contributed by atoms with Crippen LogP contribution in [0.15, 0.2) is 22.7 Å². The number of carbonyl (C=O) groups excluding carboxylic acids is 1. The lowest BCUT2D eigenvalue weighted by molar-refractivity contribution is -0.109. The van der Waals surface area contributed by atoms with Crippen LogP contribution in [0.1, 0.15) is 24.5 Å². The van der Waals surface area contributed by atoms with Crippen LogP contribution < -0.4 is 10.5 Å². The number of nitrogens with zero attached hydrogens (tertiary/aromatic N) is 1. The molecular formula is C16H19N3O2. The smallest absolute Gasteiger partial charge is 0.200 e. The van der Waals surface area contributed by atoms with Gasteiger partial charge in [0, 0.05) is 23.4 Å². The van der Waals surface area contributed by atoms with Gasteiger partial charge in [0.2, 0.25) is 5.78 Å². The quantitative estimate of drug-likeness (QED) is 0.819. The second-order valence-electron chi connectivity index (χ2n) is 5.19. The first-order valence-electron chi connectivity index (χ1n) is 6.66. The number of anilines is 1. The van der Waals surface area contributed by atoms with Gasteiger partial charge in [-0.3, -0.25) is 4.79 Å². The molecule has 5 heteroatoms. The number of nitrogens with one attached hydrogen (secondary N) is 1. The normalized spacial score (nSPS) is 17.1. The second kappa shape index (κ2) is 5.52. The predicted octanol–water partition coefficient (Wildman–Crippen LogP) is 2.91. The summed E-state index contributed by atoms with van der Waals surface area (Å²) < 4.78 is 5.37. The van der Waals surface area contributed by atoms with Crippen LogP contribution in [0.25, 0.3) is 0 Å². The summed E-state index contributed by atoms with van der Waals surface area (Å²) >= 11 is 0. The second-order valence-corrected chi connectivity index (χ2v) is 5.19. The molecule has 0 spiro atoms. The highest BCUT2D eigenvalue weighted by molar-refractivity contribution is 6.50. The van der Waals surface area contributed by atoms with E-state index >= 15 is 0 Å². The summed E-state index contributed by atoms with van der Waals surface area (Å²) in [7, 11) is 1.55. The van der Waals surface area contributed by atoms with Crippen molar-refractivity contribution >= 4 is 28.6 Å². The fourth-order valence-electron chi connectivity index (χ4n) is 2.30. The van der Waals surface area contributed by atoms with Gasteiger partial charge in [-0.15, -0.1) is 0 Å². The third-order valence-corrected chi connectivity index (χ3v) is 3.67. The Bertz CT molecular complexity index is 700. The molecule has 0 unspecified atom stereocenters. The van der Waals surface area contributed by atoms with Gasteiger partial charge >= 0.3 is 0 Å². The highest BCUT2D eigenvalue weighted by atomic mass is 16.5. The number of rotatable bonds is 2. The van der Waals surface area contributed by atoms with Crippen LogP contribution in [0.3, 0.4) is 0 Å². The van der Waals surface area contributed by atoms with Crippen LogP contribution >= 0.6 is 0 Å². The van der Waals surface area contributed by atoms with Crippen molar-refractivity contribution in [3.8, 4) is 5.75 Å². The number of allylic oxidation sites excluding steroid dienone is 2. The van der Waals surface area contributed by atoms with Gasteiger partial charge < -0.3 is 15.9 Å². The molecule has 110 valence electrons. The maximum atomic E-state index is 12.0. The van der Waals surface area contributed by atoms with Gasteiger partial charge in [0.15, 0.2) is 0 Å². The van der Waals surface area contributed by atoms with Crippen molar-refractivity contribution in [1.29, 1.82) is 5.41 Å². The molecule has 2 rings (SSSR count). The van der Waals surface area contributed by atoms with E-state index in [9.17, 15) is 4.79 Å². The minimum Gasteiger partial charge on any atom is -0.494 e. The molecule has 0 aromatic heterocycles. The van der Waals surface area contributed by atoms with Crippen LogP contribution in [0, 0.1) is 19.3 Å². The van der Waals surface area contributed by atoms with Gasteiger partial charge in [-0.2, -0.15) is 0 Å². The highest BCUT2D eigenvalue weighted by Gasteiger charge is 2.21. The van der Waals surface area contributed by atoms with Crippen molar-refractivity contribution in [2.75, 3.05) is 12.8 Å². The molecule has 1 aliphatic carbocycles. The number of nitrogens with two attached hydrogens (primary N) is 1. The number of aliphatic imine (C=N–C) groups is 1. The molecule has 0 heterocycles. The maximum Gasteiger partial charge on any atom is 0.200 e. The summed E-state index contributed by atoms with van der Waals surface area (Å²) in [5.41, 5.74) is 10.4. The number of carbonyl (C=O) groups is 1. The van der Waals surface area contributed by atoms with Crippen molar-refractivity contribution in [2.45, 2.75) is 27.2 Å². The van der Waals surface area contributed by atoms with Crippen LogP contribution in [0.2, 0.25) is 0 Å². The summed E-state index contributed by atoms with van der Waals surface area (Å²) in [4.78, 5) is 16.4. The van der Waals surface area contributed by atoms with E-state index < -0.39 is 0 Å². The van der Waals surface area contributed by atoms with Crippen molar-refractivity contribution in [2.24, 2.45) is 4.99 Å². The zero-order chi connectivity index (χ0) is 15.7. The van der Waals surface area contributed by atoms with Crippen LogP contribution in [-0.4, -0.2) is 24.3 Å². The first kappa shape index (κ1) is 15.0. The molecule has 21 heavy (non-hydrogen) atoms. The van der Waals surface area contributed by atoms with Gasteiger partial charge in [0.05, 0.1) is 12.8 Å². The predicted molar refractivity (Wildman–Crippen MR) is 85.1 cm³/mol. The van der Waals surface area contributed by atoms with Gasteiger partial charge in [-0.1, -0.05) is 0 Å². The molecule has 3 N–H and O–H groups in total.